The van der Waals surface area contributed by atoms with Gasteiger partial charge in [-0.3, -0.25) is 4.79 Å². The number of methoxy groups -OCH3 is 1. The van der Waals surface area contributed by atoms with Gasteiger partial charge in [-0.05, 0) is 36.4 Å². The largest absolute Gasteiger partial charge is 0.383 e. The first-order valence-corrected chi connectivity index (χ1v) is 8.30. The van der Waals surface area contributed by atoms with Gasteiger partial charge in [-0.25, -0.2) is 0 Å². The predicted molar refractivity (Wildman–Crippen MR) is 93.0 cm³/mol. The number of ether oxygens (including phenoxy) is 1. The Morgan fingerprint density at radius 2 is 1.96 bits per heavy atom. The molecule has 3 aromatic rings. The molecular formula is C17H15ClN2O2S. The predicted octanol–water partition coefficient (Wildman–Crippen LogP) is 3.74. The van der Waals surface area contributed by atoms with Crippen LogP contribution in [-0.4, -0.2) is 24.2 Å². The Bertz CT molecular complexity index is 897. The van der Waals surface area contributed by atoms with Crippen molar-refractivity contribution in [2.45, 2.75) is 6.54 Å². The van der Waals surface area contributed by atoms with Gasteiger partial charge in [0.1, 0.15) is 0 Å². The second-order valence-electron chi connectivity index (χ2n) is 4.92. The smallest absolute Gasteiger partial charge is 0.279 e. The van der Waals surface area contributed by atoms with Crippen LogP contribution in [0.25, 0.3) is 10.2 Å². The molecule has 6 heteroatoms. The van der Waals surface area contributed by atoms with Crippen molar-refractivity contribution in [3.05, 3.63) is 63.9 Å². The van der Waals surface area contributed by atoms with E-state index in [4.69, 9.17) is 16.3 Å². The first kappa shape index (κ1) is 15.9. The molecule has 2 aromatic carbocycles. The van der Waals surface area contributed by atoms with Gasteiger partial charge in [0.25, 0.3) is 5.91 Å². The number of para-hydroxylation sites is 1. The summed E-state index contributed by atoms with van der Waals surface area (Å²) in [4.78, 5) is 17.3. The molecule has 23 heavy (non-hydrogen) atoms. The summed E-state index contributed by atoms with van der Waals surface area (Å²) in [7, 11) is 1.66. The lowest BCUT2D eigenvalue weighted by Gasteiger charge is -2.03. The lowest BCUT2D eigenvalue weighted by atomic mass is 10.2. The number of hydrogen-bond donors (Lipinski definition) is 0. The zero-order chi connectivity index (χ0) is 16.2. The van der Waals surface area contributed by atoms with E-state index in [9.17, 15) is 4.79 Å². The molecular weight excluding hydrogens is 332 g/mol. The van der Waals surface area contributed by atoms with E-state index in [1.165, 1.54) is 11.3 Å². The topological polar surface area (TPSA) is 43.6 Å². The molecule has 118 valence electrons. The van der Waals surface area contributed by atoms with E-state index in [0.717, 1.165) is 10.2 Å². The van der Waals surface area contributed by atoms with Crippen LogP contribution in [0.15, 0.2) is 53.5 Å². The molecule has 0 aliphatic rings. The minimum Gasteiger partial charge on any atom is -0.383 e. The first-order chi connectivity index (χ1) is 11.2. The molecule has 0 saturated carbocycles. The molecule has 1 aromatic heterocycles. The summed E-state index contributed by atoms with van der Waals surface area (Å²) >= 11 is 7.35. The van der Waals surface area contributed by atoms with Crippen LogP contribution in [0, 0.1) is 0 Å². The maximum atomic E-state index is 12.4. The summed E-state index contributed by atoms with van der Waals surface area (Å²) in [6.45, 7) is 1.20. The molecule has 4 nitrogen and oxygen atoms in total. The van der Waals surface area contributed by atoms with Gasteiger partial charge in [-0.2, -0.15) is 4.99 Å². The highest BCUT2D eigenvalue weighted by molar-refractivity contribution is 7.16. The van der Waals surface area contributed by atoms with Crippen molar-refractivity contribution in [1.29, 1.82) is 0 Å². The second-order valence-corrected chi connectivity index (χ2v) is 6.37. The Hall–Kier alpha value is -1.95. The van der Waals surface area contributed by atoms with Crippen molar-refractivity contribution in [2.24, 2.45) is 4.99 Å². The van der Waals surface area contributed by atoms with E-state index >= 15 is 0 Å². The molecule has 0 unspecified atom stereocenters. The summed E-state index contributed by atoms with van der Waals surface area (Å²) in [6.07, 6.45) is 0. The van der Waals surface area contributed by atoms with Crippen molar-refractivity contribution < 1.29 is 9.53 Å². The molecule has 0 spiro atoms. The van der Waals surface area contributed by atoms with Crippen LogP contribution in [0.3, 0.4) is 0 Å². The minimum absolute atomic E-state index is 0.278. The van der Waals surface area contributed by atoms with Crippen molar-refractivity contribution >= 4 is 39.1 Å². The normalized spacial score (nSPS) is 12.0. The van der Waals surface area contributed by atoms with Crippen molar-refractivity contribution in [1.82, 2.24) is 4.57 Å². The molecule has 0 saturated heterocycles. The SMILES string of the molecule is COCCn1c(=NC(=O)c2ccc(Cl)cc2)sc2ccccc21. The number of fused-ring (bicyclic) bond motifs is 1. The zero-order valence-electron chi connectivity index (χ0n) is 12.5. The molecule has 1 amide bonds. The fraction of sp³-hybridized carbons (Fsp3) is 0.176. The Labute approximate surface area is 142 Å². The third-order valence-corrected chi connectivity index (χ3v) is 4.71. The Morgan fingerprint density at radius 1 is 1.22 bits per heavy atom. The molecule has 0 aliphatic heterocycles. The fourth-order valence-corrected chi connectivity index (χ4v) is 3.43. The number of carbonyl (C=O) groups is 1. The summed E-state index contributed by atoms with van der Waals surface area (Å²) in [5.74, 6) is -0.278. The minimum atomic E-state index is -0.278. The highest BCUT2D eigenvalue weighted by Crippen LogP contribution is 2.17. The van der Waals surface area contributed by atoms with E-state index in [-0.39, 0.29) is 5.91 Å². The Balaban J connectivity index is 2.06. The summed E-state index contributed by atoms with van der Waals surface area (Å²) in [6, 6.07) is 14.7. The lowest BCUT2D eigenvalue weighted by molar-refractivity contribution is 0.0997. The van der Waals surface area contributed by atoms with Gasteiger partial charge in [0.05, 0.1) is 16.8 Å². The number of halogens is 1. The van der Waals surface area contributed by atoms with Gasteiger partial charge in [0.2, 0.25) is 0 Å². The molecule has 0 bridgehead atoms. The van der Waals surface area contributed by atoms with Crippen molar-refractivity contribution in [3.63, 3.8) is 0 Å². The van der Waals surface area contributed by atoms with E-state index in [1.807, 2.05) is 28.8 Å². The van der Waals surface area contributed by atoms with Gasteiger partial charge in [0.15, 0.2) is 4.80 Å². The van der Waals surface area contributed by atoms with Gasteiger partial charge in [-0.15, -0.1) is 0 Å². The molecule has 0 N–H and O–H groups in total. The fourth-order valence-electron chi connectivity index (χ4n) is 2.25. The quantitative estimate of drug-likeness (QED) is 0.722. The maximum Gasteiger partial charge on any atom is 0.279 e. The Kier molecular flexibility index (Phi) is 4.91. The molecule has 0 atom stereocenters. The van der Waals surface area contributed by atoms with Crippen LogP contribution in [0.4, 0.5) is 0 Å². The molecule has 0 fully saturated rings. The third kappa shape index (κ3) is 3.52. The number of carbonyl (C=O) groups excluding carboxylic acids is 1. The highest BCUT2D eigenvalue weighted by Gasteiger charge is 2.09. The standard InChI is InChI=1S/C17H15ClN2O2S/c1-22-11-10-20-14-4-2-3-5-15(14)23-17(20)19-16(21)12-6-8-13(18)9-7-12/h2-9H,10-11H2,1H3. The monoisotopic (exact) mass is 346 g/mol. The number of rotatable bonds is 4. The van der Waals surface area contributed by atoms with E-state index in [2.05, 4.69) is 4.99 Å². The van der Waals surface area contributed by atoms with E-state index in [0.29, 0.717) is 28.5 Å². The van der Waals surface area contributed by atoms with Crippen LogP contribution < -0.4 is 4.80 Å². The van der Waals surface area contributed by atoms with Gasteiger partial charge < -0.3 is 9.30 Å². The lowest BCUT2D eigenvalue weighted by Crippen LogP contribution is -2.19. The molecule has 0 aliphatic carbocycles. The van der Waals surface area contributed by atoms with Crippen LogP contribution in [0.2, 0.25) is 5.02 Å². The van der Waals surface area contributed by atoms with Gasteiger partial charge >= 0.3 is 0 Å². The van der Waals surface area contributed by atoms with Crippen molar-refractivity contribution in [3.8, 4) is 0 Å². The van der Waals surface area contributed by atoms with Crippen LogP contribution in [-0.2, 0) is 11.3 Å². The van der Waals surface area contributed by atoms with Gasteiger partial charge in [-0.1, -0.05) is 35.1 Å². The average molecular weight is 347 g/mol. The number of aromatic nitrogens is 1. The van der Waals surface area contributed by atoms with Crippen LogP contribution >= 0.6 is 22.9 Å². The third-order valence-electron chi connectivity index (χ3n) is 3.40. The molecule has 0 radical (unpaired) electrons. The number of hydrogen-bond acceptors (Lipinski definition) is 3. The maximum absolute atomic E-state index is 12.4. The first-order valence-electron chi connectivity index (χ1n) is 7.11. The summed E-state index contributed by atoms with van der Waals surface area (Å²) < 4.78 is 8.26. The van der Waals surface area contributed by atoms with Crippen LogP contribution in [0.1, 0.15) is 10.4 Å². The van der Waals surface area contributed by atoms with Crippen LogP contribution in [0.5, 0.6) is 0 Å². The highest BCUT2D eigenvalue weighted by atomic mass is 35.5. The average Bonchev–Trinajstić information content (AvgIpc) is 2.90. The van der Waals surface area contributed by atoms with E-state index in [1.54, 1.807) is 31.4 Å². The Morgan fingerprint density at radius 3 is 2.70 bits per heavy atom. The number of thiazole rings is 1. The number of nitrogens with zero attached hydrogens (tertiary/aromatic N) is 2. The summed E-state index contributed by atoms with van der Waals surface area (Å²) in [5.41, 5.74) is 1.57. The molecule has 1 heterocycles. The van der Waals surface area contributed by atoms with Crippen molar-refractivity contribution in [2.75, 3.05) is 13.7 Å². The van der Waals surface area contributed by atoms with E-state index < -0.39 is 0 Å². The van der Waals surface area contributed by atoms with Gasteiger partial charge in [0, 0.05) is 24.2 Å². The second kappa shape index (κ2) is 7.08. The summed E-state index contributed by atoms with van der Waals surface area (Å²) in [5, 5.41) is 0.596. The number of amides is 1. The zero-order valence-corrected chi connectivity index (χ0v) is 14.1. The number of benzene rings is 2. The molecule has 3 rings (SSSR count).